The Bertz CT molecular complexity index is 856. The lowest BCUT2D eigenvalue weighted by atomic mass is 10.0. The van der Waals surface area contributed by atoms with Crippen molar-refractivity contribution in [1.29, 1.82) is 0 Å². The monoisotopic (exact) mass is 347 g/mol. The molecule has 2 aromatic rings. The van der Waals surface area contributed by atoms with Crippen molar-refractivity contribution >= 4 is 29.9 Å². The molecule has 0 amide bonds. The summed E-state index contributed by atoms with van der Waals surface area (Å²) in [5, 5.41) is 2.48. The maximum absolute atomic E-state index is 13.0. The number of nitrogens with zero attached hydrogens (tertiary/aromatic N) is 1. The summed E-state index contributed by atoms with van der Waals surface area (Å²) in [4.78, 5) is 15.2. The maximum Gasteiger partial charge on any atom is 0.192 e. The molecule has 0 N–H and O–H groups in total. The lowest BCUT2D eigenvalue weighted by Crippen LogP contribution is -2.60. The van der Waals surface area contributed by atoms with Crippen LogP contribution in [0.15, 0.2) is 61.7 Å². The third-order valence-corrected chi connectivity index (χ3v) is 8.60. The van der Waals surface area contributed by atoms with Crippen LogP contribution in [0.2, 0.25) is 13.1 Å². The van der Waals surface area contributed by atoms with E-state index >= 15 is 0 Å². The number of fused-ring (bicyclic) bond motifs is 2. The normalized spacial score (nSPS) is 14.4. The first-order valence-electron chi connectivity index (χ1n) is 8.67. The fourth-order valence-electron chi connectivity index (χ4n) is 3.70. The van der Waals surface area contributed by atoms with Crippen molar-refractivity contribution in [2.24, 2.45) is 0 Å². The molecule has 3 rings (SSSR count). The zero-order valence-electron chi connectivity index (χ0n) is 15.3. The maximum atomic E-state index is 13.0. The van der Waals surface area contributed by atoms with Gasteiger partial charge in [0.05, 0.1) is 0 Å². The van der Waals surface area contributed by atoms with E-state index < -0.39 is 8.07 Å². The molecule has 2 nitrogen and oxygen atoms in total. The van der Waals surface area contributed by atoms with Crippen molar-refractivity contribution in [2.45, 2.75) is 20.0 Å². The Labute approximate surface area is 151 Å². The number of anilines is 1. The second-order valence-corrected chi connectivity index (χ2v) is 11.5. The van der Waals surface area contributed by atoms with Crippen molar-refractivity contribution in [1.82, 2.24) is 0 Å². The molecule has 128 valence electrons. The SMILES string of the molecule is C=CCN(CC=C)c1ccc2c(c1)[Si](C)(C)c1cc(C)ccc1C2=O. The third-order valence-electron chi connectivity index (χ3n) is 5.08. The van der Waals surface area contributed by atoms with Gasteiger partial charge in [-0.05, 0) is 35.5 Å². The second-order valence-electron chi connectivity index (χ2n) is 7.22. The number of hydrogen-bond acceptors (Lipinski definition) is 2. The first-order valence-corrected chi connectivity index (χ1v) is 11.7. The molecule has 3 heteroatoms. The Kier molecular flexibility index (Phi) is 4.52. The Morgan fingerprint density at radius 1 is 0.960 bits per heavy atom. The molecule has 0 fully saturated rings. The summed E-state index contributed by atoms with van der Waals surface area (Å²) in [7, 11) is -1.93. The van der Waals surface area contributed by atoms with E-state index in [9.17, 15) is 4.79 Å². The van der Waals surface area contributed by atoms with Gasteiger partial charge in [-0.1, -0.05) is 49.0 Å². The highest BCUT2D eigenvalue weighted by molar-refractivity contribution is 7.02. The molecule has 25 heavy (non-hydrogen) atoms. The number of ketones is 1. The highest BCUT2D eigenvalue weighted by atomic mass is 28.3. The lowest BCUT2D eigenvalue weighted by molar-refractivity contribution is 0.104. The van der Waals surface area contributed by atoms with Crippen molar-refractivity contribution in [3.63, 3.8) is 0 Å². The Morgan fingerprint density at radius 3 is 2.12 bits per heavy atom. The topological polar surface area (TPSA) is 20.3 Å². The highest BCUT2D eigenvalue weighted by Gasteiger charge is 2.38. The Balaban J connectivity index is 2.17. The molecule has 1 heterocycles. The van der Waals surface area contributed by atoms with Crippen LogP contribution in [-0.4, -0.2) is 26.9 Å². The van der Waals surface area contributed by atoms with Gasteiger partial charge in [-0.25, -0.2) is 0 Å². The summed E-state index contributed by atoms with van der Waals surface area (Å²) < 4.78 is 0. The van der Waals surface area contributed by atoms with Gasteiger partial charge in [-0.3, -0.25) is 4.79 Å². The van der Waals surface area contributed by atoms with E-state index in [1.54, 1.807) is 0 Å². The largest absolute Gasteiger partial charge is 0.364 e. The fraction of sp³-hybridized carbons (Fsp3) is 0.227. The van der Waals surface area contributed by atoms with Crippen LogP contribution in [0.5, 0.6) is 0 Å². The summed E-state index contributed by atoms with van der Waals surface area (Å²) in [5.41, 5.74) is 4.10. The molecule has 1 aliphatic rings. The molecule has 0 bridgehead atoms. The van der Waals surface area contributed by atoms with E-state index in [4.69, 9.17) is 0 Å². The van der Waals surface area contributed by atoms with Crippen LogP contribution < -0.4 is 15.3 Å². The van der Waals surface area contributed by atoms with Crippen molar-refractivity contribution in [2.75, 3.05) is 18.0 Å². The van der Waals surface area contributed by atoms with Gasteiger partial charge in [0.2, 0.25) is 0 Å². The van der Waals surface area contributed by atoms with Crippen LogP contribution in [0.4, 0.5) is 5.69 Å². The molecule has 0 spiro atoms. The van der Waals surface area contributed by atoms with Crippen molar-refractivity contribution in [3.8, 4) is 0 Å². The molecule has 0 aliphatic carbocycles. The van der Waals surface area contributed by atoms with Crippen molar-refractivity contribution in [3.05, 3.63) is 78.4 Å². The van der Waals surface area contributed by atoms with E-state index in [2.05, 4.69) is 50.2 Å². The number of hydrogen-bond donors (Lipinski definition) is 0. The number of carbonyl (C=O) groups is 1. The van der Waals surface area contributed by atoms with Crippen LogP contribution in [-0.2, 0) is 0 Å². The zero-order valence-corrected chi connectivity index (χ0v) is 16.3. The minimum absolute atomic E-state index is 0.155. The third kappa shape index (κ3) is 2.89. The average molecular weight is 348 g/mol. The first kappa shape index (κ1) is 17.4. The minimum atomic E-state index is -1.93. The average Bonchev–Trinajstić information content (AvgIpc) is 2.59. The quantitative estimate of drug-likeness (QED) is 0.609. The van der Waals surface area contributed by atoms with Gasteiger partial charge in [-0.2, -0.15) is 0 Å². The number of carbonyl (C=O) groups excluding carboxylic acids is 1. The molecule has 1 aliphatic heterocycles. The van der Waals surface area contributed by atoms with E-state index in [0.29, 0.717) is 0 Å². The van der Waals surface area contributed by atoms with E-state index in [1.165, 1.54) is 15.9 Å². The molecule has 0 radical (unpaired) electrons. The zero-order chi connectivity index (χ0) is 18.2. The molecular weight excluding hydrogens is 322 g/mol. The molecule has 0 saturated carbocycles. The van der Waals surface area contributed by atoms with Gasteiger partial charge in [0.15, 0.2) is 5.78 Å². The van der Waals surface area contributed by atoms with E-state index in [0.717, 1.165) is 29.9 Å². The smallest absolute Gasteiger partial charge is 0.192 e. The van der Waals surface area contributed by atoms with Gasteiger partial charge < -0.3 is 4.90 Å². The van der Waals surface area contributed by atoms with Crippen LogP contribution >= 0.6 is 0 Å². The summed E-state index contributed by atoms with van der Waals surface area (Å²) in [6, 6.07) is 12.5. The first-order chi connectivity index (χ1) is 11.9. The Hall–Kier alpha value is -2.39. The number of aryl methyl sites for hydroxylation is 1. The molecule has 0 saturated heterocycles. The van der Waals surface area contributed by atoms with Crippen LogP contribution in [0.1, 0.15) is 21.5 Å². The molecule has 0 aromatic heterocycles. The predicted octanol–water partition coefficient (Wildman–Crippen LogP) is 3.54. The van der Waals surface area contributed by atoms with Crippen LogP contribution in [0.3, 0.4) is 0 Å². The highest BCUT2D eigenvalue weighted by Crippen LogP contribution is 2.24. The Morgan fingerprint density at radius 2 is 1.52 bits per heavy atom. The van der Waals surface area contributed by atoms with Crippen molar-refractivity contribution < 1.29 is 4.79 Å². The summed E-state index contributed by atoms with van der Waals surface area (Å²) >= 11 is 0. The second kappa shape index (κ2) is 6.49. The van der Waals surface area contributed by atoms with Gasteiger partial charge >= 0.3 is 0 Å². The summed E-state index contributed by atoms with van der Waals surface area (Å²) in [6.07, 6.45) is 3.80. The van der Waals surface area contributed by atoms with Gasteiger partial charge in [0, 0.05) is 29.9 Å². The van der Waals surface area contributed by atoms with Gasteiger partial charge in [-0.15, -0.1) is 13.2 Å². The van der Waals surface area contributed by atoms with Gasteiger partial charge in [0.1, 0.15) is 8.07 Å². The molecule has 0 unspecified atom stereocenters. The molecule has 2 aromatic carbocycles. The van der Waals surface area contributed by atoms with Crippen LogP contribution in [0.25, 0.3) is 0 Å². The molecular formula is C22H25NOSi. The standard InChI is InChI=1S/C22H25NOSi/c1-6-12-23(13-7-2)17-9-11-19-21(15-17)25(4,5)20-14-16(3)8-10-18(20)22(19)24/h6-11,14-15H,1-2,12-13H2,3-5H3. The van der Waals surface area contributed by atoms with E-state index in [-0.39, 0.29) is 5.78 Å². The number of benzene rings is 2. The van der Waals surface area contributed by atoms with Crippen LogP contribution in [0, 0.1) is 6.92 Å². The van der Waals surface area contributed by atoms with Gasteiger partial charge in [0.25, 0.3) is 0 Å². The minimum Gasteiger partial charge on any atom is -0.364 e. The number of rotatable bonds is 5. The summed E-state index contributed by atoms with van der Waals surface area (Å²) in [6.45, 7) is 16.0. The molecule has 0 atom stereocenters. The summed E-state index contributed by atoms with van der Waals surface area (Å²) in [5.74, 6) is 0.155. The lowest BCUT2D eigenvalue weighted by Gasteiger charge is -2.34. The fourth-order valence-corrected chi connectivity index (χ4v) is 6.83. The van der Waals surface area contributed by atoms with E-state index in [1.807, 2.05) is 36.4 Å². The predicted molar refractivity (Wildman–Crippen MR) is 110 cm³/mol.